The minimum absolute atomic E-state index is 0.0627. The van der Waals surface area contributed by atoms with Crippen molar-refractivity contribution in [1.82, 2.24) is 19.8 Å². The van der Waals surface area contributed by atoms with E-state index in [0.29, 0.717) is 5.69 Å². The van der Waals surface area contributed by atoms with Gasteiger partial charge >= 0.3 is 0 Å². The summed E-state index contributed by atoms with van der Waals surface area (Å²) >= 11 is 1.19. The standard InChI is InChI=1S/C18H22N4O2S/c1-2-22-9-7-18(8-10-22)11-14(13-5-3-4-6-16(13)24-18)19-17(23)15-12-25-21-20-15/h3-6,12,14H,2,7-11H2,1H3,(H,19,23)/t14-/m1/s1. The molecule has 2 aliphatic rings. The van der Waals surface area contributed by atoms with Crippen molar-refractivity contribution < 1.29 is 9.53 Å². The van der Waals surface area contributed by atoms with Crippen molar-refractivity contribution in [3.63, 3.8) is 0 Å². The lowest BCUT2D eigenvalue weighted by molar-refractivity contribution is -0.0235. The van der Waals surface area contributed by atoms with E-state index in [9.17, 15) is 4.79 Å². The van der Waals surface area contributed by atoms with Gasteiger partial charge in [-0.25, -0.2) is 0 Å². The minimum Gasteiger partial charge on any atom is -0.487 e. The molecule has 0 unspecified atom stereocenters. The molecule has 2 aromatic rings. The molecule has 25 heavy (non-hydrogen) atoms. The third-order valence-corrected chi connectivity index (χ3v) is 5.81. The molecule has 3 heterocycles. The van der Waals surface area contributed by atoms with E-state index < -0.39 is 0 Å². The Morgan fingerprint density at radius 2 is 2.20 bits per heavy atom. The summed E-state index contributed by atoms with van der Waals surface area (Å²) in [5.41, 5.74) is 1.23. The summed E-state index contributed by atoms with van der Waals surface area (Å²) < 4.78 is 10.2. The van der Waals surface area contributed by atoms with Gasteiger partial charge in [-0.2, -0.15) is 0 Å². The van der Waals surface area contributed by atoms with Gasteiger partial charge in [0, 0.05) is 30.5 Å². The molecule has 1 atom stereocenters. The van der Waals surface area contributed by atoms with Crippen LogP contribution in [0.5, 0.6) is 5.75 Å². The summed E-state index contributed by atoms with van der Waals surface area (Å²) in [7, 11) is 0. The Labute approximate surface area is 151 Å². The maximum atomic E-state index is 12.5. The van der Waals surface area contributed by atoms with Crippen LogP contribution in [0.2, 0.25) is 0 Å². The second kappa shape index (κ2) is 6.72. The SMILES string of the molecule is CCN1CCC2(CC1)C[C@@H](NC(=O)c1csnn1)c1ccccc1O2. The van der Waals surface area contributed by atoms with Crippen LogP contribution in [-0.2, 0) is 0 Å². The zero-order valence-electron chi connectivity index (χ0n) is 14.3. The van der Waals surface area contributed by atoms with E-state index in [-0.39, 0.29) is 17.6 Å². The molecule has 0 radical (unpaired) electrons. The molecule has 0 saturated carbocycles. The first-order chi connectivity index (χ1) is 12.2. The van der Waals surface area contributed by atoms with Crippen molar-refractivity contribution in [3.05, 3.63) is 40.9 Å². The number of likely N-dealkylation sites (tertiary alicyclic amines) is 1. The number of nitrogens with zero attached hydrogens (tertiary/aromatic N) is 3. The monoisotopic (exact) mass is 358 g/mol. The molecule has 1 amide bonds. The largest absolute Gasteiger partial charge is 0.487 e. The molecular formula is C18H22N4O2S. The number of rotatable bonds is 3. The predicted octanol–water partition coefficient (Wildman–Crippen LogP) is 2.65. The third-order valence-electron chi connectivity index (χ3n) is 5.31. The zero-order valence-corrected chi connectivity index (χ0v) is 15.1. The Hall–Kier alpha value is -1.99. The highest BCUT2D eigenvalue weighted by Gasteiger charge is 2.43. The van der Waals surface area contributed by atoms with Gasteiger partial charge in [0.2, 0.25) is 0 Å². The number of benzene rings is 1. The molecule has 0 aliphatic carbocycles. The van der Waals surface area contributed by atoms with Crippen molar-refractivity contribution in [2.75, 3.05) is 19.6 Å². The van der Waals surface area contributed by atoms with Gasteiger partial charge in [-0.05, 0) is 37.0 Å². The average molecular weight is 358 g/mol. The van der Waals surface area contributed by atoms with Crippen LogP contribution >= 0.6 is 11.5 Å². The summed E-state index contributed by atoms with van der Waals surface area (Å²) in [4.78, 5) is 14.9. The molecule has 7 heteroatoms. The first kappa shape index (κ1) is 16.5. The van der Waals surface area contributed by atoms with Gasteiger partial charge in [-0.3, -0.25) is 4.79 Å². The highest BCUT2D eigenvalue weighted by molar-refractivity contribution is 7.03. The normalized spacial score (nSPS) is 22.2. The van der Waals surface area contributed by atoms with E-state index in [0.717, 1.165) is 50.2 Å². The number of carbonyl (C=O) groups is 1. The molecule has 0 bridgehead atoms. The van der Waals surface area contributed by atoms with Crippen LogP contribution in [0.4, 0.5) is 0 Å². The summed E-state index contributed by atoms with van der Waals surface area (Å²) in [5, 5.41) is 8.70. The van der Waals surface area contributed by atoms with Crippen LogP contribution in [0.25, 0.3) is 0 Å². The third kappa shape index (κ3) is 3.26. The molecular weight excluding hydrogens is 336 g/mol. The lowest BCUT2D eigenvalue weighted by Gasteiger charge is -2.46. The van der Waals surface area contributed by atoms with Crippen LogP contribution in [0.1, 0.15) is 48.3 Å². The first-order valence-corrected chi connectivity index (χ1v) is 9.61. The molecule has 132 valence electrons. The zero-order chi connectivity index (χ0) is 17.3. The van der Waals surface area contributed by atoms with Gasteiger partial charge in [-0.1, -0.05) is 29.6 Å². The predicted molar refractivity (Wildman–Crippen MR) is 95.9 cm³/mol. The quantitative estimate of drug-likeness (QED) is 0.914. The van der Waals surface area contributed by atoms with Crippen molar-refractivity contribution in [1.29, 1.82) is 0 Å². The Bertz CT molecular complexity index is 741. The lowest BCUT2D eigenvalue weighted by atomic mass is 9.80. The van der Waals surface area contributed by atoms with Crippen LogP contribution in [0.3, 0.4) is 0 Å². The van der Waals surface area contributed by atoms with Gasteiger partial charge in [0.25, 0.3) is 5.91 Å². The molecule has 1 saturated heterocycles. The van der Waals surface area contributed by atoms with E-state index in [2.05, 4.69) is 26.7 Å². The Kier molecular flexibility index (Phi) is 4.43. The van der Waals surface area contributed by atoms with Gasteiger partial charge in [0.15, 0.2) is 5.69 Å². The van der Waals surface area contributed by atoms with Crippen molar-refractivity contribution in [2.45, 2.75) is 37.8 Å². The van der Waals surface area contributed by atoms with Gasteiger partial charge in [-0.15, -0.1) is 5.10 Å². The fourth-order valence-electron chi connectivity index (χ4n) is 3.83. The second-order valence-corrected chi connectivity index (χ2v) is 7.39. The number of nitrogens with one attached hydrogen (secondary N) is 1. The molecule has 1 spiro atoms. The van der Waals surface area contributed by atoms with Gasteiger partial charge < -0.3 is 15.0 Å². The number of aromatic nitrogens is 2. The average Bonchev–Trinajstić information content (AvgIpc) is 3.17. The van der Waals surface area contributed by atoms with Crippen LogP contribution in [-0.4, -0.2) is 45.6 Å². The number of fused-ring (bicyclic) bond motifs is 1. The number of hydrogen-bond acceptors (Lipinski definition) is 6. The van der Waals surface area contributed by atoms with Crippen LogP contribution in [0.15, 0.2) is 29.6 Å². The number of para-hydroxylation sites is 1. The fourth-order valence-corrected chi connectivity index (χ4v) is 4.26. The summed E-state index contributed by atoms with van der Waals surface area (Å²) in [6.45, 7) is 5.34. The molecule has 2 aliphatic heterocycles. The number of ether oxygens (including phenoxy) is 1. The van der Waals surface area contributed by atoms with Gasteiger partial charge in [0.05, 0.1) is 6.04 Å². The number of carbonyl (C=O) groups excluding carboxylic acids is 1. The highest BCUT2D eigenvalue weighted by Crippen LogP contribution is 2.44. The number of piperidine rings is 1. The Balaban J connectivity index is 1.58. The Morgan fingerprint density at radius 1 is 1.40 bits per heavy atom. The topological polar surface area (TPSA) is 67.4 Å². The summed E-state index contributed by atoms with van der Waals surface area (Å²) in [6.07, 6.45) is 2.77. The maximum absolute atomic E-state index is 12.5. The Morgan fingerprint density at radius 3 is 2.92 bits per heavy atom. The molecule has 4 rings (SSSR count). The van der Waals surface area contributed by atoms with E-state index in [1.54, 1.807) is 5.38 Å². The smallest absolute Gasteiger partial charge is 0.273 e. The lowest BCUT2D eigenvalue weighted by Crippen LogP contribution is -2.52. The van der Waals surface area contributed by atoms with Crippen molar-refractivity contribution >= 4 is 17.4 Å². The highest BCUT2D eigenvalue weighted by atomic mass is 32.1. The molecule has 1 aromatic carbocycles. The maximum Gasteiger partial charge on any atom is 0.273 e. The number of hydrogen-bond donors (Lipinski definition) is 1. The van der Waals surface area contributed by atoms with E-state index in [1.807, 2.05) is 24.3 Å². The van der Waals surface area contributed by atoms with Crippen LogP contribution in [0, 0.1) is 0 Å². The first-order valence-electron chi connectivity index (χ1n) is 8.77. The fraction of sp³-hybridized carbons (Fsp3) is 0.500. The molecule has 1 N–H and O–H groups in total. The summed E-state index contributed by atoms with van der Waals surface area (Å²) in [5.74, 6) is 0.719. The molecule has 6 nitrogen and oxygen atoms in total. The molecule has 1 fully saturated rings. The minimum atomic E-state index is -0.196. The molecule has 1 aromatic heterocycles. The van der Waals surface area contributed by atoms with E-state index in [4.69, 9.17) is 4.74 Å². The van der Waals surface area contributed by atoms with Gasteiger partial charge in [0.1, 0.15) is 11.4 Å². The van der Waals surface area contributed by atoms with Crippen molar-refractivity contribution in [3.8, 4) is 5.75 Å². The van der Waals surface area contributed by atoms with Crippen molar-refractivity contribution in [2.24, 2.45) is 0 Å². The number of amides is 1. The van der Waals surface area contributed by atoms with E-state index in [1.165, 1.54) is 11.5 Å². The second-order valence-electron chi connectivity index (χ2n) is 6.78. The van der Waals surface area contributed by atoms with Crippen LogP contribution < -0.4 is 10.1 Å². The van der Waals surface area contributed by atoms with E-state index >= 15 is 0 Å². The summed E-state index contributed by atoms with van der Waals surface area (Å²) in [6, 6.07) is 7.96.